The molecule has 0 atom stereocenters. The number of pyridine rings is 1. The van der Waals surface area contributed by atoms with Crippen LogP contribution in [0.25, 0.3) is 16.9 Å². The van der Waals surface area contributed by atoms with Gasteiger partial charge in [0, 0.05) is 63.9 Å². The Labute approximate surface area is 234 Å². The molecule has 0 radical (unpaired) electrons. The van der Waals surface area contributed by atoms with Crippen LogP contribution in [0.1, 0.15) is 62.2 Å². The fraction of sp³-hybridized carbons (Fsp3) is 0.531. The van der Waals surface area contributed by atoms with Crippen molar-refractivity contribution < 1.29 is 9.20 Å². The van der Waals surface area contributed by atoms with Crippen LogP contribution < -0.4 is 4.40 Å². The number of H-pyrrole nitrogens is 1. The fourth-order valence-corrected chi connectivity index (χ4v) is 5.13. The lowest BCUT2D eigenvalue weighted by Crippen LogP contribution is -2.45. The number of benzene rings is 1. The zero-order valence-electron chi connectivity index (χ0n) is 24.4. The number of amides is 1. The maximum atomic E-state index is 13.8. The Balaban J connectivity index is 1.68. The highest BCUT2D eigenvalue weighted by Gasteiger charge is 2.25. The van der Waals surface area contributed by atoms with E-state index in [-0.39, 0.29) is 5.91 Å². The molecule has 39 heavy (non-hydrogen) atoms. The summed E-state index contributed by atoms with van der Waals surface area (Å²) >= 11 is 0. The van der Waals surface area contributed by atoms with Crippen molar-refractivity contribution in [2.45, 2.75) is 47.0 Å². The first-order chi connectivity index (χ1) is 18.7. The van der Waals surface area contributed by atoms with E-state index in [1.165, 1.54) is 5.69 Å². The summed E-state index contributed by atoms with van der Waals surface area (Å²) in [5.41, 5.74) is 5.61. The molecule has 1 N–H and O–H groups in total. The highest BCUT2D eigenvalue weighted by molar-refractivity contribution is 5.93. The van der Waals surface area contributed by atoms with E-state index in [4.69, 9.17) is 0 Å². The number of carbonyl (C=O) groups excluding carboxylic acids is 1. The normalized spacial score (nSPS) is 14.8. The minimum absolute atomic E-state index is 0.108. The van der Waals surface area contributed by atoms with Gasteiger partial charge in [0.1, 0.15) is 6.20 Å². The zero-order chi connectivity index (χ0) is 27.9. The van der Waals surface area contributed by atoms with Crippen molar-refractivity contribution in [3.8, 4) is 17.3 Å². The Morgan fingerprint density at radius 1 is 1.00 bits per heavy atom. The predicted octanol–water partition coefficient (Wildman–Crippen LogP) is 4.62. The second-order valence-corrected chi connectivity index (χ2v) is 11.9. The quantitative estimate of drug-likeness (QED) is 0.368. The molecular formula is C32H45N6O+. The number of nitrogens with zero attached hydrogens (tertiary/aromatic N) is 5. The van der Waals surface area contributed by atoms with Gasteiger partial charge in [-0.2, -0.15) is 9.66 Å². The monoisotopic (exact) mass is 529 g/mol. The Morgan fingerprint density at radius 3 is 2.23 bits per heavy atom. The van der Waals surface area contributed by atoms with Gasteiger partial charge >= 0.3 is 0 Å². The summed E-state index contributed by atoms with van der Waals surface area (Å²) in [5.74, 6) is 1.21. The summed E-state index contributed by atoms with van der Waals surface area (Å²) in [4.78, 5) is 24.3. The molecule has 2 aromatic heterocycles. The van der Waals surface area contributed by atoms with Crippen molar-refractivity contribution in [3.05, 3.63) is 59.4 Å². The number of nitrogens with one attached hydrogen (secondary N) is 1. The van der Waals surface area contributed by atoms with Gasteiger partial charge in [-0.25, -0.2) is 4.98 Å². The standard InChI is InChI=1S/C32H44N6O/c1-24(2)12-16-37(17-13-25(3)4)32(39)28-10-11-30-34-31(27-8-6-26(22-33)7-9-27)29(38(30)23-28)14-15-36-20-18-35(5)19-21-36/h6-11,23-25H,12-21H2,1-5H3/p+1. The van der Waals surface area contributed by atoms with Crippen LogP contribution in [0.15, 0.2) is 42.6 Å². The summed E-state index contributed by atoms with van der Waals surface area (Å²) in [6, 6.07) is 14.0. The molecule has 1 saturated heterocycles. The van der Waals surface area contributed by atoms with E-state index in [2.05, 4.69) is 60.0 Å². The highest BCUT2D eigenvalue weighted by Crippen LogP contribution is 2.23. The van der Waals surface area contributed by atoms with E-state index in [1.54, 1.807) is 0 Å². The number of fused-ring (bicyclic) bond motifs is 1. The van der Waals surface area contributed by atoms with Crippen LogP contribution in [-0.4, -0.2) is 78.5 Å². The van der Waals surface area contributed by atoms with Crippen molar-refractivity contribution >= 4 is 11.6 Å². The molecule has 7 heteroatoms. The summed E-state index contributed by atoms with van der Waals surface area (Å²) in [6.45, 7) is 15.7. The lowest BCUT2D eigenvalue weighted by molar-refractivity contribution is -0.519. The van der Waals surface area contributed by atoms with Gasteiger partial charge in [-0.1, -0.05) is 27.7 Å². The number of carbonyl (C=O) groups is 1. The van der Waals surface area contributed by atoms with Gasteiger partial charge in [-0.05, 0) is 62.1 Å². The highest BCUT2D eigenvalue weighted by atomic mass is 16.2. The van der Waals surface area contributed by atoms with Gasteiger partial charge in [-0.15, -0.1) is 0 Å². The number of hydrogen-bond donors (Lipinski definition) is 1. The Hall–Kier alpha value is -3.21. The van der Waals surface area contributed by atoms with Gasteiger partial charge in [0.05, 0.1) is 17.2 Å². The summed E-state index contributed by atoms with van der Waals surface area (Å²) < 4.78 is 2.18. The topological polar surface area (TPSA) is 70.5 Å². The van der Waals surface area contributed by atoms with Crippen molar-refractivity contribution in [1.82, 2.24) is 19.7 Å². The Kier molecular flexibility index (Phi) is 9.77. The summed E-state index contributed by atoms with van der Waals surface area (Å²) in [6.07, 6.45) is 4.90. The average Bonchev–Trinajstić information content (AvgIpc) is 3.30. The fourth-order valence-electron chi connectivity index (χ4n) is 5.13. The third kappa shape index (κ3) is 7.46. The lowest BCUT2D eigenvalue weighted by Gasteiger charge is -2.32. The molecule has 4 rings (SSSR count). The van der Waals surface area contributed by atoms with E-state index in [0.29, 0.717) is 17.4 Å². The summed E-state index contributed by atoms with van der Waals surface area (Å²) in [5, 5.41) is 9.27. The molecule has 1 amide bonds. The molecule has 0 unspecified atom stereocenters. The molecule has 1 aromatic carbocycles. The number of imidazole rings is 1. The largest absolute Gasteiger partial charge is 0.339 e. The zero-order valence-corrected chi connectivity index (χ0v) is 24.4. The molecular weight excluding hydrogens is 484 g/mol. The van der Waals surface area contributed by atoms with Crippen LogP contribution >= 0.6 is 0 Å². The van der Waals surface area contributed by atoms with E-state index in [1.807, 2.05) is 47.5 Å². The first-order valence-corrected chi connectivity index (χ1v) is 14.5. The van der Waals surface area contributed by atoms with Crippen LogP contribution in [0, 0.1) is 23.2 Å². The molecule has 0 saturated carbocycles. The molecule has 0 bridgehead atoms. The van der Waals surface area contributed by atoms with Gasteiger partial charge in [-0.3, -0.25) is 4.79 Å². The molecule has 0 spiro atoms. The number of hydrogen-bond acceptors (Lipinski definition) is 4. The van der Waals surface area contributed by atoms with Gasteiger partial charge in [0.15, 0.2) is 11.4 Å². The Morgan fingerprint density at radius 2 is 1.64 bits per heavy atom. The third-order valence-electron chi connectivity index (χ3n) is 7.83. The van der Waals surface area contributed by atoms with Crippen molar-refractivity contribution in [2.75, 3.05) is 52.9 Å². The third-order valence-corrected chi connectivity index (χ3v) is 7.83. The molecule has 208 valence electrons. The number of nitriles is 1. The van der Waals surface area contributed by atoms with E-state index in [0.717, 1.165) is 87.5 Å². The van der Waals surface area contributed by atoms with Crippen LogP contribution in [0.4, 0.5) is 0 Å². The maximum Gasteiger partial charge on any atom is 0.284 e. The van der Waals surface area contributed by atoms with E-state index < -0.39 is 0 Å². The van der Waals surface area contributed by atoms with Crippen molar-refractivity contribution in [2.24, 2.45) is 11.8 Å². The molecule has 1 fully saturated rings. The smallest absolute Gasteiger partial charge is 0.284 e. The van der Waals surface area contributed by atoms with Crippen molar-refractivity contribution in [3.63, 3.8) is 0 Å². The van der Waals surface area contributed by atoms with Gasteiger partial charge < -0.3 is 14.7 Å². The molecule has 0 aliphatic carbocycles. The number of aromatic nitrogens is 2. The van der Waals surface area contributed by atoms with Crippen LogP contribution in [-0.2, 0) is 6.42 Å². The number of likely N-dealkylation sites (N-methyl/N-ethyl adjacent to an activating group) is 1. The Bertz CT molecular complexity index is 1270. The van der Waals surface area contributed by atoms with Crippen LogP contribution in [0.5, 0.6) is 0 Å². The van der Waals surface area contributed by atoms with Gasteiger partial charge in [0.2, 0.25) is 0 Å². The number of aromatic amines is 1. The second-order valence-electron chi connectivity index (χ2n) is 11.9. The SMILES string of the molecule is CC(C)CCN(CCC(C)C)C(=O)c1ccc2[nH]c(-c3ccc(C#N)cc3)c(CCN3CCN(C)CC3)[n+]2c1. The van der Waals surface area contributed by atoms with Crippen LogP contribution in [0.2, 0.25) is 0 Å². The van der Waals surface area contributed by atoms with E-state index >= 15 is 0 Å². The molecule has 3 aromatic rings. The lowest BCUT2D eigenvalue weighted by atomic mass is 10.1. The van der Waals surface area contributed by atoms with Crippen molar-refractivity contribution in [1.29, 1.82) is 5.26 Å². The van der Waals surface area contributed by atoms with Gasteiger partial charge in [0.25, 0.3) is 11.6 Å². The first-order valence-electron chi connectivity index (χ1n) is 14.5. The second kappa shape index (κ2) is 13.2. The predicted molar refractivity (Wildman–Crippen MR) is 157 cm³/mol. The van der Waals surface area contributed by atoms with E-state index in [9.17, 15) is 10.1 Å². The molecule has 7 nitrogen and oxygen atoms in total. The molecule has 3 heterocycles. The maximum absolute atomic E-state index is 13.8. The molecule has 1 aliphatic rings. The molecule has 1 aliphatic heterocycles. The average molecular weight is 530 g/mol. The summed E-state index contributed by atoms with van der Waals surface area (Å²) in [7, 11) is 2.18. The minimum atomic E-state index is 0.108. The first kappa shape index (κ1) is 28.8. The number of piperazine rings is 1. The minimum Gasteiger partial charge on any atom is -0.339 e. The van der Waals surface area contributed by atoms with Crippen LogP contribution in [0.3, 0.4) is 0 Å². The number of rotatable bonds is 11.